The van der Waals surface area contributed by atoms with Crippen LogP contribution in [0.4, 0.5) is 0 Å². The molecule has 132 valence electrons. The van der Waals surface area contributed by atoms with E-state index >= 15 is 0 Å². The molecule has 4 atom stereocenters. The third kappa shape index (κ3) is 3.39. The first-order valence-electron chi connectivity index (χ1n) is 9.41. The van der Waals surface area contributed by atoms with Crippen LogP contribution in [-0.2, 0) is 9.53 Å². The molecule has 0 unspecified atom stereocenters. The van der Waals surface area contributed by atoms with Gasteiger partial charge in [-0.2, -0.15) is 0 Å². The van der Waals surface area contributed by atoms with Gasteiger partial charge in [0, 0.05) is 11.4 Å². The monoisotopic (exact) mass is 348 g/mol. The molecule has 24 heavy (non-hydrogen) atoms. The van der Waals surface area contributed by atoms with Gasteiger partial charge in [0.05, 0.1) is 24.2 Å². The number of nitrogens with zero attached hydrogens (tertiary/aromatic N) is 1. The number of piperidine rings is 1. The summed E-state index contributed by atoms with van der Waals surface area (Å²) in [6.07, 6.45) is 6.14. The van der Waals surface area contributed by atoms with Gasteiger partial charge in [-0.05, 0) is 62.6 Å². The molecule has 4 nitrogen and oxygen atoms in total. The van der Waals surface area contributed by atoms with E-state index in [-0.39, 0.29) is 17.9 Å². The van der Waals surface area contributed by atoms with E-state index in [2.05, 4.69) is 34.7 Å². The summed E-state index contributed by atoms with van der Waals surface area (Å²) in [5.74, 6) is 1.11. The van der Waals surface area contributed by atoms with Crippen molar-refractivity contribution in [2.75, 3.05) is 19.6 Å². The highest BCUT2D eigenvalue weighted by atomic mass is 32.1. The number of carbonyl (C=O) groups excluding carboxylic acids is 1. The van der Waals surface area contributed by atoms with Crippen LogP contribution in [0.1, 0.15) is 49.9 Å². The van der Waals surface area contributed by atoms with Crippen LogP contribution in [0.25, 0.3) is 0 Å². The zero-order valence-electron chi connectivity index (χ0n) is 14.4. The van der Waals surface area contributed by atoms with E-state index in [4.69, 9.17) is 4.74 Å². The maximum atomic E-state index is 12.6. The number of hydrogen-bond donors (Lipinski definition) is 1. The lowest BCUT2D eigenvalue weighted by Gasteiger charge is -2.36. The summed E-state index contributed by atoms with van der Waals surface area (Å²) in [5, 5.41) is 5.39. The van der Waals surface area contributed by atoms with Crippen LogP contribution in [0, 0.1) is 11.8 Å². The molecular formula is C19H28N2O2S. The molecule has 1 aromatic rings. The largest absolute Gasteiger partial charge is 0.374 e. The molecule has 0 aromatic carbocycles. The molecule has 3 fully saturated rings. The van der Waals surface area contributed by atoms with Gasteiger partial charge in [0.25, 0.3) is 0 Å². The Morgan fingerprint density at radius 1 is 1.38 bits per heavy atom. The number of nitrogens with one attached hydrogen (secondary N) is 1. The zero-order chi connectivity index (χ0) is 16.5. The number of likely N-dealkylation sites (tertiary alicyclic amines) is 1. The normalized spacial score (nSPS) is 32.1. The smallest absolute Gasteiger partial charge is 0.225 e. The van der Waals surface area contributed by atoms with Crippen molar-refractivity contribution in [1.82, 2.24) is 10.2 Å². The third-order valence-electron chi connectivity index (χ3n) is 6.04. The predicted octanol–water partition coefficient (Wildman–Crippen LogP) is 3.20. The Morgan fingerprint density at radius 3 is 2.83 bits per heavy atom. The maximum absolute atomic E-state index is 12.6. The fourth-order valence-corrected chi connectivity index (χ4v) is 5.33. The minimum atomic E-state index is 0.0779. The first-order chi connectivity index (χ1) is 11.7. The van der Waals surface area contributed by atoms with E-state index in [1.165, 1.54) is 17.7 Å². The van der Waals surface area contributed by atoms with Gasteiger partial charge in [0.2, 0.25) is 5.91 Å². The summed E-state index contributed by atoms with van der Waals surface area (Å²) < 4.78 is 5.84. The fourth-order valence-electron chi connectivity index (χ4n) is 4.47. The van der Waals surface area contributed by atoms with Crippen molar-refractivity contribution in [2.45, 2.75) is 57.3 Å². The minimum Gasteiger partial charge on any atom is -0.374 e. The van der Waals surface area contributed by atoms with Gasteiger partial charge in [0.1, 0.15) is 0 Å². The van der Waals surface area contributed by atoms with Crippen molar-refractivity contribution in [3.05, 3.63) is 22.4 Å². The molecule has 1 amide bonds. The number of ether oxygens (including phenoxy) is 1. The lowest BCUT2D eigenvalue weighted by molar-refractivity contribution is -0.126. The number of hydrogen-bond acceptors (Lipinski definition) is 4. The molecule has 4 rings (SSSR count). The van der Waals surface area contributed by atoms with Crippen LogP contribution in [0.15, 0.2) is 17.5 Å². The van der Waals surface area contributed by atoms with Gasteiger partial charge in [-0.25, -0.2) is 0 Å². The standard InChI is InChI=1S/C19H28N2O2S/c1-13-6-8-21(9-7-13)16(18-3-2-10-24-18)12-20-19(22)15-11-14-4-5-17(15)23-14/h2-3,10,13-17H,4-9,11-12H2,1H3,(H,20,22)/t14-,15+,16-,17-/m1/s1. The Hall–Kier alpha value is -0.910. The lowest BCUT2D eigenvalue weighted by atomic mass is 9.88. The Bertz CT molecular complexity index is 554. The van der Waals surface area contributed by atoms with E-state index in [1.807, 2.05) is 0 Å². The Balaban J connectivity index is 1.38. The van der Waals surface area contributed by atoms with Crippen LogP contribution in [0.5, 0.6) is 0 Å². The Morgan fingerprint density at radius 2 is 2.21 bits per heavy atom. The maximum Gasteiger partial charge on any atom is 0.225 e. The summed E-state index contributed by atoms with van der Waals surface area (Å²) in [5.41, 5.74) is 0. The molecule has 0 saturated carbocycles. The second-order valence-corrected chi connectivity index (χ2v) is 8.69. The molecule has 0 radical (unpaired) electrons. The Kier molecular flexibility index (Phi) is 4.93. The number of fused-ring (bicyclic) bond motifs is 2. The average Bonchev–Trinajstić information content (AvgIpc) is 3.34. The number of rotatable bonds is 5. The van der Waals surface area contributed by atoms with Gasteiger partial charge in [-0.1, -0.05) is 13.0 Å². The molecular weight excluding hydrogens is 320 g/mol. The van der Waals surface area contributed by atoms with Gasteiger partial charge in [-0.15, -0.1) is 11.3 Å². The second kappa shape index (κ2) is 7.14. The summed E-state index contributed by atoms with van der Waals surface area (Å²) >= 11 is 1.80. The van der Waals surface area contributed by atoms with Gasteiger partial charge in [-0.3, -0.25) is 9.69 Å². The quantitative estimate of drug-likeness (QED) is 0.888. The van der Waals surface area contributed by atoms with E-state index in [1.54, 1.807) is 11.3 Å². The molecule has 5 heteroatoms. The Labute approximate surface area is 148 Å². The van der Waals surface area contributed by atoms with E-state index < -0.39 is 0 Å². The van der Waals surface area contributed by atoms with Crippen molar-refractivity contribution in [3.8, 4) is 0 Å². The number of amides is 1. The van der Waals surface area contributed by atoms with E-state index in [0.717, 1.165) is 44.8 Å². The van der Waals surface area contributed by atoms with Gasteiger partial charge < -0.3 is 10.1 Å². The van der Waals surface area contributed by atoms with Crippen LogP contribution in [-0.4, -0.2) is 42.6 Å². The lowest BCUT2D eigenvalue weighted by Crippen LogP contribution is -2.44. The molecule has 3 aliphatic heterocycles. The van der Waals surface area contributed by atoms with Crippen LogP contribution in [0.3, 0.4) is 0 Å². The number of thiophene rings is 1. The van der Waals surface area contributed by atoms with Gasteiger partial charge in [0.15, 0.2) is 0 Å². The van der Waals surface area contributed by atoms with E-state index in [0.29, 0.717) is 12.1 Å². The van der Waals surface area contributed by atoms with Crippen molar-refractivity contribution < 1.29 is 9.53 Å². The second-order valence-electron chi connectivity index (χ2n) is 7.71. The van der Waals surface area contributed by atoms with Crippen molar-refractivity contribution in [3.63, 3.8) is 0 Å². The van der Waals surface area contributed by atoms with Crippen LogP contribution in [0.2, 0.25) is 0 Å². The van der Waals surface area contributed by atoms with Crippen molar-refractivity contribution in [2.24, 2.45) is 11.8 Å². The average molecular weight is 349 g/mol. The van der Waals surface area contributed by atoms with Crippen molar-refractivity contribution in [1.29, 1.82) is 0 Å². The predicted molar refractivity (Wildman–Crippen MR) is 96.0 cm³/mol. The molecule has 1 aromatic heterocycles. The minimum absolute atomic E-state index is 0.0779. The zero-order valence-corrected chi connectivity index (χ0v) is 15.3. The fraction of sp³-hybridized carbons (Fsp3) is 0.737. The highest BCUT2D eigenvalue weighted by molar-refractivity contribution is 7.10. The van der Waals surface area contributed by atoms with E-state index in [9.17, 15) is 4.79 Å². The first-order valence-corrected chi connectivity index (χ1v) is 10.3. The number of carbonyl (C=O) groups is 1. The third-order valence-corrected chi connectivity index (χ3v) is 7.02. The molecule has 0 spiro atoms. The molecule has 4 heterocycles. The highest BCUT2D eigenvalue weighted by Crippen LogP contribution is 2.39. The SMILES string of the molecule is CC1CCN([C@H](CNC(=O)[C@H]2C[C@H]3CC[C@H]2O3)c2cccs2)CC1. The molecule has 1 N–H and O–H groups in total. The van der Waals surface area contributed by atoms with Crippen molar-refractivity contribution >= 4 is 17.2 Å². The summed E-state index contributed by atoms with van der Waals surface area (Å²) in [7, 11) is 0. The molecule has 3 saturated heterocycles. The topological polar surface area (TPSA) is 41.6 Å². The molecule has 3 aliphatic rings. The molecule has 0 aliphatic carbocycles. The molecule has 2 bridgehead atoms. The van der Waals surface area contributed by atoms with Gasteiger partial charge >= 0.3 is 0 Å². The summed E-state index contributed by atoms with van der Waals surface area (Å²) in [4.78, 5) is 16.6. The highest BCUT2D eigenvalue weighted by Gasteiger charge is 2.44. The van der Waals surface area contributed by atoms with Crippen LogP contribution < -0.4 is 5.32 Å². The summed E-state index contributed by atoms with van der Waals surface area (Å²) in [6.45, 7) is 5.34. The van der Waals surface area contributed by atoms with Crippen LogP contribution >= 0.6 is 11.3 Å². The summed E-state index contributed by atoms with van der Waals surface area (Å²) in [6, 6.07) is 4.65. The first kappa shape index (κ1) is 16.6.